The maximum Gasteiger partial charge on any atom is 0.0847 e. The minimum atomic E-state index is 0.105. The number of rotatable bonds is 5. The Morgan fingerprint density at radius 1 is 1.55 bits per heavy atom. The van der Waals surface area contributed by atoms with E-state index in [0.29, 0.717) is 6.04 Å². The van der Waals surface area contributed by atoms with Crippen LogP contribution in [0.1, 0.15) is 38.6 Å². The molecule has 1 aliphatic heterocycles. The van der Waals surface area contributed by atoms with Crippen LogP contribution in [0.3, 0.4) is 0 Å². The van der Waals surface area contributed by atoms with Gasteiger partial charge in [-0.25, -0.2) is 0 Å². The summed E-state index contributed by atoms with van der Waals surface area (Å²) in [6.07, 6.45) is 2.21. The molecule has 2 atom stereocenters. The smallest absolute Gasteiger partial charge is 0.0847 e. The predicted octanol–water partition coefficient (Wildman–Crippen LogP) is 2.72. The van der Waals surface area contributed by atoms with Crippen molar-refractivity contribution in [3.63, 3.8) is 0 Å². The number of hydrogen-bond acceptors (Lipinski definition) is 3. The zero-order valence-electron chi connectivity index (χ0n) is 13.2. The van der Waals surface area contributed by atoms with E-state index in [0.717, 1.165) is 42.4 Å². The highest BCUT2D eigenvalue weighted by Crippen LogP contribution is 2.39. The molecule has 4 nitrogen and oxygen atoms in total. The Hall–Kier alpha value is -0.580. The van der Waals surface area contributed by atoms with Gasteiger partial charge in [-0.05, 0) is 20.3 Å². The van der Waals surface area contributed by atoms with Crippen LogP contribution in [0.2, 0.25) is 5.02 Å². The summed E-state index contributed by atoms with van der Waals surface area (Å²) in [5.41, 5.74) is 2.13. The monoisotopic (exact) mass is 299 g/mol. The molecule has 0 amide bonds. The van der Waals surface area contributed by atoms with Gasteiger partial charge in [0.25, 0.3) is 0 Å². The second kappa shape index (κ2) is 6.04. The molecular weight excluding hydrogens is 274 g/mol. The Morgan fingerprint density at radius 2 is 2.25 bits per heavy atom. The number of aromatic nitrogens is 2. The van der Waals surface area contributed by atoms with Crippen molar-refractivity contribution in [1.29, 1.82) is 0 Å². The molecule has 2 heterocycles. The number of nitrogens with one attached hydrogen (secondary N) is 1. The van der Waals surface area contributed by atoms with E-state index in [2.05, 4.69) is 31.2 Å². The minimum absolute atomic E-state index is 0.105. The number of halogens is 1. The summed E-state index contributed by atoms with van der Waals surface area (Å²) >= 11 is 6.42. The standard InChI is InChI=1S/C15H26ClN3O/c1-10(2)17-9-15(6-7-20-12(15)4)8-13-14(16)11(3)18-19(13)5/h10,12,17H,6-9H2,1-5H3. The second-order valence-electron chi connectivity index (χ2n) is 6.31. The van der Waals surface area contributed by atoms with Gasteiger partial charge in [-0.15, -0.1) is 0 Å². The highest BCUT2D eigenvalue weighted by Gasteiger charge is 2.42. The molecule has 1 saturated heterocycles. The first-order chi connectivity index (χ1) is 9.35. The summed E-state index contributed by atoms with van der Waals surface area (Å²) in [7, 11) is 1.97. The molecule has 1 N–H and O–H groups in total. The van der Waals surface area contributed by atoms with Crippen LogP contribution in [0, 0.1) is 12.3 Å². The fraction of sp³-hybridized carbons (Fsp3) is 0.800. The van der Waals surface area contributed by atoms with Crippen molar-refractivity contribution in [2.45, 2.75) is 52.7 Å². The lowest BCUT2D eigenvalue weighted by atomic mass is 9.77. The van der Waals surface area contributed by atoms with Crippen LogP contribution in [0.4, 0.5) is 0 Å². The van der Waals surface area contributed by atoms with Crippen molar-refractivity contribution in [3.05, 3.63) is 16.4 Å². The summed E-state index contributed by atoms with van der Waals surface area (Å²) in [5, 5.41) is 8.80. The van der Waals surface area contributed by atoms with Crippen molar-refractivity contribution in [1.82, 2.24) is 15.1 Å². The van der Waals surface area contributed by atoms with E-state index < -0.39 is 0 Å². The molecule has 1 fully saturated rings. The summed E-state index contributed by atoms with van der Waals surface area (Å²) in [6.45, 7) is 10.3. The lowest BCUT2D eigenvalue weighted by Gasteiger charge is -2.33. The molecule has 5 heteroatoms. The molecule has 0 aromatic carbocycles. The van der Waals surface area contributed by atoms with Gasteiger partial charge in [0.15, 0.2) is 0 Å². The average Bonchev–Trinajstić information content (AvgIpc) is 2.84. The van der Waals surface area contributed by atoms with Crippen LogP contribution in [0.15, 0.2) is 0 Å². The van der Waals surface area contributed by atoms with Gasteiger partial charge in [0, 0.05) is 38.1 Å². The molecule has 1 aliphatic rings. The predicted molar refractivity (Wildman–Crippen MR) is 82.3 cm³/mol. The summed E-state index contributed by atoms with van der Waals surface area (Å²) in [4.78, 5) is 0. The molecule has 2 rings (SSSR count). The van der Waals surface area contributed by atoms with Crippen LogP contribution in [-0.4, -0.2) is 35.1 Å². The molecule has 0 radical (unpaired) electrons. The Morgan fingerprint density at radius 3 is 2.70 bits per heavy atom. The Balaban J connectivity index is 2.24. The Labute approximate surface area is 126 Å². The summed E-state index contributed by atoms with van der Waals surface area (Å²) in [6, 6.07) is 0.475. The van der Waals surface area contributed by atoms with Gasteiger partial charge in [0.2, 0.25) is 0 Å². The minimum Gasteiger partial charge on any atom is -0.378 e. The lowest BCUT2D eigenvalue weighted by molar-refractivity contribution is 0.0611. The topological polar surface area (TPSA) is 39.1 Å². The van der Waals surface area contributed by atoms with Gasteiger partial charge in [0.05, 0.1) is 22.5 Å². The van der Waals surface area contributed by atoms with Crippen LogP contribution >= 0.6 is 11.6 Å². The molecule has 20 heavy (non-hydrogen) atoms. The second-order valence-corrected chi connectivity index (χ2v) is 6.69. The van der Waals surface area contributed by atoms with Crippen LogP contribution < -0.4 is 5.32 Å². The molecular formula is C15H26ClN3O. The van der Waals surface area contributed by atoms with Crippen LogP contribution in [0.25, 0.3) is 0 Å². The first-order valence-electron chi connectivity index (χ1n) is 7.38. The number of nitrogens with zero attached hydrogens (tertiary/aromatic N) is 2. The van der Waals surface area contributed by atoms with E-state index in [9.17, 15) is 0 Å². The van der Waals surface area contributed by atoms with E-state index in [-0.39, 0.29) is 11.5 Å². The summed E-state index contributed by atoms with van der Waals surface area (Å²) < 4.78 is 7.76. The van der Waals surface area contributed by atoms with Crippen molar-refractivity contribution >= 4 is 11.6 Å². The molecule has 114 valence electrons. The zero-order chi connectivity index (χ0) is 14.9. The summed E-state index contributed by atoms with van der Waals surface area (Å²) in [5.74, 6) is 0. The van der Waals surface area contributed by atoms with E-state index in [4.69, 9.17) is 16.3 Å². The molecule has 0 aliphatic carbocycles. The number of ether oxygens (including phenoxy) is 1. The molecule has 0 saturated carbocycles. The van der Waals surface area contributed by atoms with Gasteiger partial charge < -0.3 is 10.1 Å². The largest absolute Gasteiger partial charge is 0.378 e. The fourth-order valence-corrected chi connectivity index (χ4v) is 3.19. The fourth-order valence-electron chi connectivity index (χ4n) is 2.96. The lowest BCUT2D eigenvalue weighted by Crippen LogP contribution is -2.43. The third-order valence-corrected chi connectivity index (χ3v) is 4.97. The maximum atomic E-state index is 6.42. The molecule has 2 unspecified atom stereocenters. The van der Waals surface area contributed by atoms with Crippen LogP contribution in [0.5, 0.6) is 0 Å². The Kier molecular flexibility index (Phi) is 4.77. The van der Waals surface area contributed by atoms with Gasteiger partial charge in [-0.1, -0.05) is 25.4 Å². The zero-order valence-corrected chi connectivity index (χ0v) is 13.9. The van der Waals surface area contributed by atoms with Gasteiger partial charge in [-0.3, -0.25) is 4.68 Å². The molecule has 0 bridgehead atoms. The van der Waals surface area contributed by atoms with Crippen molar-refractivity contribution < 1.29 is 4.74 Å². The van der Waals surface area contributed by atoms with E-state index in [1.54, 1.807) is 0 Å². The van der Waals surface area contributed by atoms with Crippen LogP contribution in [-0.2, 0) is 18.2 Å². The first kappa shape index (κ1) is 15.8. The SMILES string of the molecule is Cc1nn(C)c(CC2(CNC(C)C)CCOC2C)c1Cl. The average molecular weight is 300 g/mol. The maximum absolute atomic E-state index is 6.42. The van der Waals surface area contributed by atoms with E-state index in [1.807, 2.05) is 18.7 Å². The number of aryl methyl sites for hydroxylation is 2. The normalized spacial score (nSPS) is 26.6. The van der Waals surface area contributed by atoms with E-state index in [1.165, 1.54) is 0 Å². The molecule has 1 aromatic heterocycles. The quantitative estimate of drug-likeness (QED) is 0.908. The highest BCUT2D eigenvalue weighted by atomic mass is 35.5. The van der Waals surface area contributed by atoms with Crippen molar-refractivity contribution in [2.75, 3.05) is 13.2 Å². The van der Waals surface area contributed by atoms with Gasteiger partial charge in [-0.2, -0.15) is 5.10 Å². The third kappa shape index (κ3) is 3.02. The third-order valence-electron chi connectivity index (χ3n) is 4.47. The van der Waals surface area contributed by atoms with Gasteiger partial charge in [0.1, 0.15) is 0 Å². The van der Waals surface area contributed by atoms with Crippen molar-refractivity contribution in [3.8, 4) is 0 Å². The first-order valence-corrected chi connectivity index (χ1v) is 7.76. The molecule has 1 aromatic rings. The van der Waals surface area contributed by atoms with Gasteiger partial charge >= 0.3 is 0 Å². The van der Waals surface area contributed by atoms with Crippen molar-refractivity contribution in [2.24, 2.45) is 12.5 Å². The Bertz CT molecular complexity index is 472. The number of hydrogen-bond donors (Lipinski definition) is 1. The van der Waals surface area contributed by atoms with E-state index >= 15 is 0 Å². The molecule has 0 spiro atoms. The highest BCUT2D eigenvalue weighted by molar-refractivity contribution is 6.31.